The van der Waals surface area contributed by atoms with Gasteiger partial charge < -0.3 is 9.67 Å². The van der Waals surface area contributed by atoms with Gasteiger partial charge >= 0.3 is 5.97 Å². The van der Waals surface area contributed by atoms with Gasteiger partial charge in [-0.15, -0.1) is 0 Å². The zero-order chi connectivity index (χ0) is 12.2. The molecule has 1 heterocycles. The summed E-state index contributed by atoms with van der Waals surface area (Å²) in [6.45, 7) is 2.05. The molecule has 0 unspecified atom stereocenters. The van der Waals surface area contributed by atoms with E-state index in [1.165, 1.54) is 5.56 Å². The molecule has 2 aromatic rings. The van der Waals surface area contributed by atoms with Crippen molar-refractivity contribution in [1.29, 1.82) is 0 Å². The number of hydrogen-bond acceptors (Lipinski definition) is 1. The quantitative estimate of drug-likeness (QED) is 0.859. The predicted octanol–water partition coefficient (Wildman–Crippen LogP) is 3.06. The number of aromatic carboxylic acids is 1. The number of carbonyl (C=O) groups is 1. The number of fused-ring (bicyclic) bond motifs is 1. The maximum atomic E-state index is 11.4. The number of benzene rings is 1. The molecule has 3 nitrogen and oxygen atoms in total. The molecule has 1 aliphatic rings. The number of aryl methyl sites for hydroxylation is 2. The van der Waals surface area contributed by atoms with Gasteiger partial charge in [0.2, 0.25) is 0 Å². The third-order valence-corrected chi connectivity index (χ3v) is 3.58. The van der Waals surface area contributed by atoms with Crippen molar-refractivity contribution in [2.45, 2.75) is 25.7 Å². The van der Waals surface area contributed by atoms with Gasteiger partial charge in [0.25, 0.3) is 0 Å². The van der Waals surface area contributed by atoms with Crippen LogP contribution in [0.25, 0.3) is 10.9 Å². The molecule has 88 valence electrons. The first-order valence-electron chi connectivity index (χ1n) is 5.92. The van der Waals surface area contributed by atoms with Crippen LogP contribution in [-0.2, 0) is 7.05 Å². The minimum atomic E-state index is -0.816. The Morgan fingerprint density at radius 1 is 1.41 bits per heavy atom. The highest BCUT2D eigenvalue weighted by molar-refractivity contribution is 5.99. The van der Waals surface area contributed by atoms with Crippen LogP contribution in [0.4, 0.5) is 0 Å². The molecule has 1 N–H and O–H groups in total. The maximum Gasteiger partial charge on any atom is 0.352 e. The molecule has 0 spiro atoms. The number of aromatic nitrogens is 1. The van der Waals surface area contributed by atoms with Gasteiger partial charge in [0.1, 0.15) is 5.69 Å². The molecule has 0 atom stereocenters. The number of hydrogen-bond donors (Lipinski definition) is 1. The average molecular weight is 229 g/mol. The summed E-state index contributed by atoms with van der Waals surface area (Å²) >= 11 is 0. The monoisotopic (exact) mass is 229 g/mol. The largest absolute Gasteiger partial charge is 0.477 e. The molecule has 1 aromatic carbocycles. The van der Waals surface area contributed by atoms with Crippen LogP contribution in [0.5, 0.6) is 0 Å². The number of rotatable bonds is 2. The first-order chi connectivity index (χ1) is 8.09. The summed E-state index contributed by atoms with van der Waals surface area (Å²) < 4.78 is 1.81. The third-order valence-electron chi connectivity index (χ3n) is 3.58. The van der Waals surface area contributed by atoms with Crippen molar-refractivity contribution in [3.05, 3.63) is 35.0 Å². The second-order valence-corrected chi connectivity index (χ2v) is 4.92. The van der Waals surface area contributed by atoms with E-state index in [1.807, 2.05) is 30.7 Å². The lowest BCUT2D eigenvalue weighted by Crippen LogP contribution is -2.06. The van der Waals surface area contributed by atoms with E-state index in [2.05, 4.69) is 6.07 Å². The fourth-order valence-electron chi connectivity index (χ4n) is 2.63. The molecular weight excluding hydrogens is 214 g/mol. The van der Waals surface area contributed by atoms with Gasteiger partial charge in [0.15, 0.2) is 0 Å². The Kier molecular flexibility index (Phi) is 2.05. The summed E-state index contributed by atoms with van der Waals surface area (Å²) in [6, 6.07) is 6.16. The van der Waals surface area contributed by atoms with Gasteiger partial charge in [0.05, 0.1) is 0 Å². The SMILES string of the molecule is Cc1ccc2c(c1)c(C1CC1)c(C(=O)O)n2C. The molecule has 0 amide bonds. The van der Waals surface area contributed by atoms with Crippen molar-refractivity contribution in [3.63, 3.8) is 0 Å². The molecule has 0 bridgehead atoms. The highest BCUT2D eigenvalue weighted by Gasteiger charge is 2.32. The normalized spacial score (nSPS) is 15.4. The first kappa shape index (κ1) is 10.4. The van der Waals surface area contributed by atoms with E-state index in [1.54, 1.807) is 0 Å². The Hall–Kier alpha value is -1.77. The Morgan fingerprint density at radius 3 is 2.71 bits per heavy atom. The summed E-state index contributed by atoms with van der Waals surface area (Å²) in [5, 5.41) is 10.5. The van der Waals surface area contributed by atoms with E-state index >= 15 is 0 Å². The molecule has 0 aliphatic heterocycles. The van der Waals surface area contributed by atoms with E-state index in [0.29, 0.717) is 11.6 Å². The molecule has 1 fully saturated rings. The summed E-state index contributed by atoms with van der Waals surface area (Å²) in [5.41, 5.74) is 3.71. The van der Waals surface area contributed by atoms with Gasteiger partial charge in [-0.05, 0) is 43.4 Å². The van der Waals surface area contributed by atoms with E-state index in [0.717, 1.165) is 29.3 Å². The van der Waals surface area contributed by atoms with Crippen LogP contribution in [0.15, 0.2) is 18.2 Å². The Labute approximate surface area is 99.7 Å². The summed E-state index contributed by atoms with van der Waals surface area (Å²) in [5.74, 6) is -0.366. The Bertz CT molecular complexity index is 621. The van der Waals surface area contributed by atoms with Gasteiger partial charge in [-0.25, -0.2) is 4.79 Å². The molecule has 1 aromatic heterocycles. The zero-order valence-corrected chi connectivity index (χ0v) is 10.0. The zero-order valence-electron chi connectivity index (χ0n) is 10.0. The van der Waals surface area contributed by atoms with E-state index in [4.69, 9.17) is 0 Å². The lowest BCUT2D eigenvalue weighted by atomic mass is 10.0. The number of carboxylic acid groups (broad SMARTS) is 1. The molecule has 1 saturated carbocycles. The second-order valence-electron chi connectivity index (χ2n) is 4.92. The summed E-state index contributed by atoms with van der Waals surface area (Å²) in [4.78, 5) is 11.4. The van der Waals surface area contributed by atoms with Crippen molar-refractivity contribution in [2.75, 3.05) is 0 Å². The number of carboxylic acids is 1. The van der Waals surface area contributed by atoms with Crippen LogP contribution < -0.4 is 0 Å². The second kappa shape index (κ2) is 3.36. The molecule has 1 aliphatic carbocycles. The Balaban J connectivity index is 2.41. The lowest BCUT2D eigenvalue weighted by Gasteiger charge is -2.00. The van der Waals surface area contributed by atoms with Crippen molar-refractivity contribution < 1.29 is 9.90 Å². The van der Waals surface area contributed by atoms with E-state index in [9.17, 15) is 9.90 Å². The topological polar surface area (TPSA) is 42.2 Å². The molecule has 0 radical (unpaired) electrons. The van der Waals surface area contributed by atoms with Gasteiger partial charge in [-0.1, -0.05) is 11.6 Å². The lowest BCUT2D eigenvalue weighted by molar-refractivity contribution is 0.0685. The standard InChI is InChI=1S/C14H15NO2/c1-8-3-6-11-10(7-8)12(9-4-5-9)13(14(16)17)15(11)2/h3,6-7,9H,4-5H2,1-2H3,(H,16,17). The van der Waals surface area contributed by atoms with Gasteiger partial charge in [0, 0.05) is 18.0 Å². The molecule has 0 saturated heterocycles. The van der Waals surface area contributed by atoms with Crippen LogP contribution in [0.2, 0.25) is 0 Å². The van der Waals surface area contributed by atoms with Crippen LogP contribution in [0.1, 0.15) is 40.4 Å². The van der Waals surface area contributed by atoms with Gasteiger partial charge in [-0.3, -0.25) is 0 Å². The minimum Gasteiger partial charge on any atom is -0.477 e. The summed E-state index contributed by atoms with van der Waals surface area (Å²) in [7, 11) is 1.84. The van der Waals surface area contributed by atoms with Crippen molar-refractivity contribution >= 4 is 16.9 Å². The van der Waals surface area contributed by atoms with Gasteiger partial charge in [-0.2, -0.15) is 0 Å². The third kappa shape index (κ3) is 1.46. The highest BCUT2D eigenvalue weighted by Crippen LogP contribution is 2.46. The number of nitrogens with zero attached hydrogens (tertiary/aromatic N) is 1. The smallest absolute Gasteiger partial charge is 0.352 e. The van der Waals surface area contributed by atoms with E-state index < -0.39 is 5.97 Å². The Morgan fingerprint density at radius 2 is 2.12 bits per heavy atom. The van der Waals surface area contributed by atoms with Crippen LogP contribution >= 0.6 is 0 Å². The van der Waals surface area contributed by atoms with Crippen molar-refractivity contribution in [3.8, 4) is 0 Å². The first-order valence-corrected chi connectivity index (χ1v) is 5.92. The van der Waals surface area contributed by atoms with Crippen molar-refractivity contribution in [2.24, 2.45) is 7.05 Å². The fourth-order valence-corrected chi connectivity index (χ4v) is 2.63. The molecular formula is C14H15NO2. The highest BCUT2D eigenvalue weighted by atomic mass is 16.4. The predicted molar refractivity (Wildman–Crippen MR) is 66.6 cm³/mol. The molecule has 3 rings (SSSR count). The van der Waals surface area contributed by atoms with Crippen LogP contribution in [0, 0.1) is 6.92 Å². The van der Waals surface area contributed by atoms with Crippen molar-refractivity contribution in [1.82, 2.24) is 4.57 Å². The maximum absolute atomic E-state index is 11.4. The molecule has 3 heteroatoms. The minimum absolute atomic E-state index is 0.451. The van der Waals surface area contributed by atoms with E-state index in [-0.39, 0.29) is 0 Å². The van der Waals surface area contributed by atoms with Crippen LogP contribution in [0.3, 0.4) is 0 Å². The summed E-state index contributed by atoms with van der Waals surface area (Å²) in [6.07, 6.45) is 2.24. The fraction of sp³-hybridized carbons (Fsp3) is 0.357. The molecule has 17 heavy (non-hydrogen) atoms. The van der Waals surface area contributed by atoms with Crippen LogP contribution in [-0.4, -0.2) is 15.6 Å². The average Bonchev–Trinajstić information content (AvgIpc) is 3.04.